The number of aliphatic hydroxyl groups is 1. The van der Waals surface area contributed by atoms with E-state index in [4.69, 9.17) is 0 Å². The fourth-order valence-electron chi connectivity index (χ4n) is 3.47. The molecule has 1 fully saturated rings. The SMILES string of the molecule is CCCC(CCC)Nc1ncc(C#N)c(N2CCCC2CCO)n1. The van der Waals surface area contributed by atoms with Crippen LogP contribution in [0.2, 0.25) is 0 Å². The van der Waals surface area contributed by atoms with Gasteiger partial charge in [0.15, 0.2) is 5.82 Å². The summed E-state index contributed by atoms with van der Waals surface area (Å²) < 4.78 is 0. The summed E-state index contributed by atoms with van der Waals surface area (Å²) in [5, 5.41) is 22.1. The summed E-state index contributed by atoms with van der Waals surface area (Å²) in [6.45, 7) is 5.40. The fraction of sp³-hybridized carbons (Fsp3) is 0.722. The zero-order valence-corrected chi connectivity index (χ0v) is 14.8. The van der Waals surface area contributed by atoms with E-state index >= 15 is 0 Å². The van der Waals surface area contributed by atoms with Crippen molar-refractivity contribution in [2.45, 2.75) is 70.9 Å². The maximum atomic E-state index is 9.41. The summed E-state index contributed by atoms with van der Waals surface area (Å²) in [5.41, 5.74) is 0.507. The Bertz CT molecular complexity index is 551. The molecule has 132 valence electrons. The van der Waals surface area contributed by atoms with Crippen LogP contribution in [-0.2, 0) is 0 Å². The average molecular weight is 331 g/mol. The molecule has 6 nitrogen and oxygen atoms in total. The molecule has 1 aromatic rings. The Hall–Kier alpha value is -1.87. The number of nitriles is 1. The van der Waals surface area contributed by atoms with Gasteiger partial charge in [0.2, 0.25) is 5.95 Å². The highest BCUT2D eigenvalue weighted by atomic mass is 16.3. The van der Waals surface area contributed by atoms with E-state index < -0.39 is 0 Å². The minimum atomic E-state index is 0.161. The van der Waals surface area contributed by atoms with Crippen molar-refractivity contribution in [1.29, 1.82) is 5.26 Å². The Labute approximate surface area is 144 Å². The van der Waals surface area contributed by atoms with E-state index in [1.165, 1.54) is 0 Å². The number of hydrogen-bond acceptors (Lipinski definition) is 6. The van der Waals surface area contributed by atoms with Crippen LogP contribution in [0.1, 0.15) is 64.4 Å². The molecule has 1 atom stereocenters. The predicted molar refractivity (Wildman–Crippen MR) is 96.0 cm³/mol. The van der Waals surface area contributed by atoms with Gasteiger partial charge >= 0.3 is 0 Å². The molecule has 2 rings (SSSR count). The van der Waals surface area contributed by atoms with Crippen LogP contribution in [0.5, 0.6) is 0 Å². The van der Waals surface area contributed by atoms with E-state index in [9.17, 15) is 10.4 Å². The highest BCUT2D eigenvalue weighted by Gasteiger charge is 2.27. The minimum absolute atomic E-state index is 0.161. The molecule has 6 heteroatoms. The van der Waals surface area contributed by atoms with E-state index in [1.807, 2.05) is 0 Å². The average Bonchev–Trinajstić information content (AvgIpc) is 3.04. The standard InChI is InChI=1S/C18H29N5O/c1-3-6-15(7-4-2)21-18-20-13-14(12-19)17(22-18)23-10-5-8-16(23)9-11-24/h13,15-16,24H,3-11H2,1-2H3,(H,20,21,22). The lowest BCUT2D eigenvalue weighted by Crippen LogP contribution is -2.32. The number of rotatable bonds is 9. The number of nitrogens with zero attached hydrogens (tertiary/aromatic N) is 4. The van der Waals surface area contributed by atoms with Gasteiger partial charge in [-0.2, -0.15) is 10.2 Å². The van der Waals surface area contributed by atoms with Gasteiger partial charge in [-0.25, -0.2) is 4.98 Å². The van der Waals surface area contributed by atoms with Crippen LogP contribution in [0.15, 0.2) is 6.20 Å². The quantitative estimate of drug-likeness (QED) is 0.723. The number of aliphatic hydroxyl groups excluding tert-OH is 1. The van der Waals surface area contributed by atoms with Crippen LogP contribution in [0.4, 0.5) is 11.8 Å². The number of hydrogen-bond donors (Lipinski definition) is 2. The van der Waals surface area contributed by atoms with E-state index in [2.05, 4.69) is 40.1 Å². The molecule has 1 unspecified atom stereocenters. The summed E-state index contributed by atoms with van der Waals surface area (Å²) in [6, 6.07) is 2.83. The summed E-state index contributed by atoms with van der Waals surface area (Å²) in [7, 11) is 0. The number of aromatic nitrogens is 2. The molecular weight excluding hydrogens is 302 g/mol. The minimum Gasteiger partial charge on any atom is -0.396 e. The highest BCUT2D eigenvalue weighted by Crippen LogP contribution is 2.29. The third-order valence-corrected chi connectivity index (χ3v) is 4.61. The Morgan fingerprint density at radius 1 is 1.42 bits per heavy atom. The topological polar surface area (TPSA) is 85.1 Å². The molecule has 0 bridgehead atoms. The summed E-state index contributed by atoms with van der Waals surface area (Å²) in [6.07, 6.45) is 8.84. The summed E-state index contributed by atoms with van der Waals surface area (Å²) >= 11 is 0. The van der Waals surface area contributed by atoms with Crippen molar-refractivity contribution in [2.75, 3.05) is 23.4 Å². The smallest absolute Gasteiger partial charge is 0.224 e. The molecule has 1 saturated heterocycles. The Morgan fingerprint density at radius 3 is 2.79 bits per heavy atom. The first-order valence-electron chi connectivity index (χ1n) is 9.14. The Morgan fingerprint density at radius 2 is 2.17 bits per heavy atom. The molecule has 2 heterocycles. The second-order valence-corrected chi connectivity index (χ2v) is 6.46. The third kappa shape index (κ3) is 4.57. The van der Waals surface area contributed by atoms with Crippen molar-refractivity contribution >= 4 is 11.8 Å². The molecule has 0 radical (unpaired) electrons. The monoisotopic (exact) mass is 331 g/mol. The molecule has 1 aliphatic heterocycles. The van der Waals surface area contributed by atoms with Gasteiger partial charge in [-0.15, -0.1) is 0 Å². The van der Waals surface area contributed by atoms with Crippen molar-refractivity contribution < 1.29 is 5.11 Å². The van der Waals surface area contributed by atoms with Crippen molar-refractivity contribution in [1.82, 2.24) is 9.97 Å². The largest absolute Gasteiger partial charge is 0.396 e. The van der Waals surface area contributed by atoms with Crippen molar-refractivity contribution in [3.8, 4) is 6.07 Å². The normalized spacial score (nSPS) is 17.3. The second-order valence-electron chi connectivity index (χ2n) is 6.46. The van der Waals surface area contributed by atoms with E-state index in [1.54, 1.807) is 6.20 Å². The van der Waals surface area contributed by atoms with Gasteiger partial charge in [0.05, 0.1) is 6.20 Å². The van der Waals surface area contributed by atoms with Gasteiger partial charge in [-0.3, -0.25) is 0 Å². The van der Waals surface area contributed by atoms with E-state index in [0.717, 1.165) is 45.1 Å². The Kier molecular flexibility index (Phi) is 7.26. The molecule has 1 aliphatic rings. The van der Waals surface area contributed by atoms with Crippen LogP contribution in [0.25, 0.3) is 0 Å². The predicted octanol–water partition coefficient (Wildman–Crippen LogP) is 3.08. The molecular formula is C18H29N5O. The number of nitrogens with one attached hydrogen (secondary N) is 1. The van der Waals surface area contributed by atoms with Crippen LogP contribution >= 0.6 is 0 Å². The van der Waals surface area contributed by atoms with Gasteiger partial charge < -0.3 is 15.3 Å². The maximum Gasteiger partial charge on any atom is 0.224 e. The van der Waals surface area contributed by atoms with Gasteiger partial charge in [0.25, 0.3) is 0 Å². The second kappa shape index (κ2) is 9.43. The first kappa shape index (κ1) is 18.5. The van der Waals surface area contributed by atoms with Crippen molar-refractivity contribution in [3.63, 3.8) is 0 Å². The first-order chi connectivity index (χ1) is 11.7. The van der Waals surface area contributed by atoms with Crippen LogP contribution in [-0.4, -0.2) is 40.3 Å². The van der Waals surface area contributed by atoms with Crippen LogP contribution in [0.3, 0.4) is 0 Å². The molecule has 2 N–H and O–H groups in total. The van der Waals surface area contributed by atoms with Crippen LogP contribution in [0, 0.1) is 11.3 Å². The molecule has 0 aliphatic carbocycles. The van der Waals surface area contributed by atoms with Gasteiger partial charge in [-0.1, -0.05) is 26.7 Å². The van der Waals surface area contributed by atoms with Crippen molar-refractivity contribution in [3.05, 3.63) is 11.8 Å². The van der Waals surface area contributed by atoms with Gasteiger partial charge in [0, 0.05) is 25.2 Å². The molecule has 0 spiro atoms. The van der Waals surface area contributed by atoms with E-state index in [0.29, 0.717) is 29.8 Å². The third-order valence-electron chi connectivity index (χ3n) is 4.61. The molecule has 0 amide bonds. The highest BCUT2D eigenvalue weighted by molar-refractivity contribution is 5.56. The van der Waals surface area contributed by atoms with Crippen LogP contribution < -0.4 is 10.2 Å². The fourth-order valence-corrected chi connectivity index (χ4v) is 3.47. The molecule has 0 saturated carbocycles. The lowest BCUT2D eigenvalue weighted by molar-refractivity contribution is 0.275. The molecule has 24 heavy (non-hydrogen) atoms. The molecule has 1 aromatic heterocycles. The van der Waals surface area contributed by atoms with E-state index in [-0.39, 0.29) is 12.6 Å². The summed E-state index contributed by atoms with van der Waals surface area (Å²) in [4.78, 5) is 11.2. The lowest BCUT2D eigenvalue weighted by Gasteiger charge is -2.26. The first-order valence-corrected chi connectivity index (χ1v) is 9.14. The number of anilines is 2. The van der Waals surface area contributed by atoms with Crippen molar-refractivity contribution in [2.24, 2.45) is 0 Å². The van der Waals surface area contributed by atoms with Gasteiger partial charge in [0.1, 0.15) is 11.6 Å². The lowest BCUT2D eigenvalue weighted by atomic mass is 10.1. The van der Waals surface area contributed by atoms with Gasteiger partial charge in [-0.05, 0) is 32.1 Å². The maximum absolute atomic E-state index is 9.41. The zero-order valence-electron chi connectivity index (χ0n) is 14.8. The summed E-state index contributed by atoms with van der Waals surface area (Å²) in [5.74, 6) is 1.31. The zero-order chi connectivity index (χ0) is 17.4. The Balaban J connectivity index is 2.22. The molecule has 0 aromatic carbocycles.